The van der Waals surface area contributed by atoms with Crippen LogP contribution in [0.4, 0.5) is 0 Å². The van der Waals surface area contributed by atoms with Gasteiger partial charge in [0.05, 0.1) is 0 Å². The predicted molar refractivity (Wildman–Crippen MR) is 156 cm³/mol. The fraction of sp³-hybridized carbons (Fsp3) is 0.273. The Bertz CT molecular complexity index is 1390. The minimum Gasteiger partial charge on any atom is -0.350 e. The van der Waals surface area contributed by atoms with E-state index in [1.54, 1.807) is 4.90 Å². The van der Waals surface area contributed by atoms with Crippen LogP contribution in [0.15, 0.2) is 97.1 Å². The van der Waals surface area contributed by atoms with Gasteiger partial charge in [0.15, 0.2) is 0 Å². The molecule has 0 heterocycles. The van der Waals surface area contributed by atoms with Gasteiger partial charge < -0.3 is 10.2 Å². The van der Waals surface area contributed by atoms with E-state index in [1.165, 1.54) is 0 Å². The molecule has 4 nitrogen and oxygen atoms in total. The molecule has 38 heavy (non-hydrogen) atoms. The molecule has 196 valence electrons. The van der Waals surface area contributed by atoms with E-state index in [0.717, 1.165) is 27.5 Å². The molecule has 0 radical (unpaired) electrons. The Morgan fingerprint density at radius 3 is 2.24 bits per heavy atom. The zero-order valence-electron chi connectivity index (χ0n) is 22.3. The zero-order chi connectivity index (χ0) is 27.1. The SMILES string of the molecule is CC(C)(C)NC(=O)[C@H](Cc1ccccc1)N(Cc1cccc(Cl)c1)C(=O)CCc1cccc2ccccc12. The third kappa shape index (κ3) is 7.45. The van der Waals surface area contributed by atoms with Gasteiger partial charge in [-0.3, -0.25) is 9.59 Å². The normalized spacial score (nSPS) is 12.2. The third-order valence-electron chi connectivity index (χ3n) is 6.50. The first-order valence-electron chi connectivity index (χ1n) is 13.1. The monoisotopic (exact) mass is 526 g/mol. The predicted octanol–water partition coefficient (Wildman–Crippen LogP) is 6.98. The van der Waals surface area contributed by atoms with Crippen molar-refractivity contribution in [2.45, 2.75) is 58.2 Å². The Morgan fingerprint density at radius 1 is 0.842 bits per heavy atom. The quantitative estimate of drug-likeness (QED) is 0.256. The molecule has 0 bridgehead atoms. The molecule has 1 atom stereocenters. The number of fused-ring (bicyclic) bond motifs is 1. The summed E-state index contributed by atoms with van der Waals surface area (Å²) in [5, 5.41) is 6.01. The van der Waals surface area contributed by atoms with Crippen LogP contribution in [0.2, 0.25) is 5.02 Å². The number of carbonyl (C=O) groups is 2. The fourth-order valence-corrected chi connectivity index (χ4v) is 4.95. The molecule has 1 N–H and O–H groups in total. The molecule has 0 unspecified atom stereocenters. The van der Waals surface area contributed by atoms with E-state index in [-0.39, 0.29) is 11.8 Å². The Morgan fingerprint density at radius 2 is 1.50 bits per heavy atom. The van der Waals surface area contributed by atoms with Crippen LogP contribution in [0.3, 0.4) is 0 Å². The van der Waals surface area contributed by atoms with Crippen LogP contribution in [0.25, 0.3) is 10.8 Å². The lowest BCUT2D eigenvalue weighted by Crippen LogP contribution is -2.54. The van der Waals surface area contributed by atoms with Crippen molar-refractivity contribution >= 4 is 34.2 Å². The minimum atomic E-state index is -0.671. The number of nitrogens with zero attached hydrogens (tertiary/aromatic N) is 1. The van der Waals surface area contributed by atoms with Gasteiger partial charge in [-0.2, -0.15) is 0 Å². The number of amides is 2. The van der Waals surface area contributed by atoms with Gasteiger partial charge in [-0.05, 0) is 66.8 Å². The second kappa shape index (κ2) is 12.3. The van der Waals surface area contributed by atoms with E-state index >= 15 is 0 Å². The van der Waals surface area contributed by atoms with Crippen LogP contribution in [-0.4, -0.2) is 28.3 Å². The topological polar surface area (TPSA) is 49.4 Å². The number of nitrogens with one attached hydrogen (secondary N) is 1. The second-order valence-electron chi connectivity index (χ2n) is 10.7. The fourth-order valence-electron chi connectivity index (χ4n) is 4.73. The van der Waals surface area contributed by atoms with E-state index in [1.807, 2.05) is 93.6 Å². The highest BCUT2D eigenvalue weighted by Gasteiger charge is 2.32. The maximum Gasteiger partial charge on any atom is 0.243 e. The lowest BCUT2D eigenvalue weighted by Gasteiger charge is -2.34. The van der Waals surface area contributed by atoms with Gasteiger partial charge in [0.1, 0.15) is 6.04 Å². The average Bonchev–Trinajstić information content (AvgIpc) is 2.89. The van der Waals surface area contributed by atoms with E-state index in [0.29, 0.717) is 30.8 Å². The van der Waals surface area contributed by atoms with Crippen molar-refractivity contribution in [3.05, 3.63) is 119 Å². The molecule has 0 aromatic heterocycles. The first-order chi connectivity index (χ1) is 18.2. The smallest absolute Gasteiger partial charge is 0.243 e. The van der Waals surface area contributed by atoms with E-state index < -0.39 is 11.6 Å². The summed E-state index contributed by atoms with van der Waals surface area (Å²) in [5.41, 5.74) is 2.58. The number of hydrogen-bond acceptors (Lipinski definition) is 2. The van der Waals surface area contributed by atoms with Gasteiger partial charge in [0, 0.05) is 29.9 Å². The van der Waals surface area contributed by atoms with Crippen molar-refractivity contribution in [3.63, 3.8) is 0 Å². The maximum atomic E-state index is 14.0. The van der Waals surface area contributed by atoms with Gasteiger partial charge in [-0.15, -0.1) is 0 Å². The Labute approximate surface area is 230 Å². The molecule has 4 aromatic carbocycles. The summed E-state index contributed by atoms with van der Waals surface area (Å²) in [6, 6.07) is 31.1. The van der Waals surface area contributed by atoms with Crippen LogP contribution in [0.5, 0.6) is 0 Å². The molecule has 0 aliphatic heterocycles. The molecule has 2 amide bonds. The molecule has 0 fully saturated rings. The summed E-state index contributed by atoms with van der Waals surface area (Å²) in [4.78, 5) is 29.4. The minimum absolute atomic E-state index is 0.0668. The number of benzene rings is 4. The summed E-state index contributed by atoms with van der Waals surface area (Å²) in [6.45, 7) is 6.15. The Kier molecular flexibility index (Phi) is 8.85. The highest BCUT2D eigenvalue weighted by atomic mass is 35.5. The maximum absolute atomic E-state index is 14.0. The number of rotatable bonds is 9. The van der Waals surface area contributed by atoms with E-state index in [9.17, 15) is 9.59 Å². The van der Waals surface area contributed by atoms with Gasteiger partial charge in [-0.25, -0.2) is 0 Å². The van der Waals surface area contributed by atoms with Gasteiger partial charge in [0.25, 0.3) is 0 Å². The van der Waals surface area contributed by atoms with E-state index in [2.05, 4.69) is 29.6 Å². The molecule has 0 saturated carbocycles. The summed E-state index contributed by atoms with van der Waals surface area (Å²) in [5.74, 6) is -0.232. The van der Waals surface area contributed by atoms with Crippen LogP contribution in [0, 0.1) is 0 Å². The third-order valence-corrected chi connectivity index (χ3v) is 6.73. The Hall–Kier alpha value is -3.63. The highest BCUT2D eigenvalue weighted by Crippen LogP contribution is 2.22. The summed E-state index contributed by atoms with van der Waals surface area (Å²) < 4.78 is 0. The average molecular weight is 527 g/mol. The number of aryl methyl sites for hydroxylation is 1. The second-order valence-corrected chi connectivity index (χ2v) is 11.2. The molecular weight excluding hydrogens is 492 g/mol. The molecule has 0 aliphatic rings. The van der Waals surface area contributed by atoms with Crippen molar-refractivity contribution in [2.75, 3.05) is 0 Å². The van der Waals surface area contributed by atoms with Crippen LogP contribution in [0.1, 0.15) is 43.9 Å². The lowest BCUT2D eigenvalue weighted by molar-refractivity contribution is -0.141. The van der Waals surface area contributed by atoms with Crippen molar-refractivity contribution in [1.82, 2.24) is 10.2 Å². The zero-order valence-corrected chi connectivity index (χ0v) is 23.0. The first-order valence-corrected chi connectivity index (χ1v) is 13.4. The molecule has 0 aliphatic carbocycles. The van der Waals surface area contributed by atoms with Crippen molar-refractivity contribution in [3.8, 4) is 0 Å². The first kappa shape index (κ1) is 27.4. The molecule has 4 aromatic rings. The summed E-state index contributed by atoms with van der Waals surface area (Å²) >= 11 is 6.28. The summed E-state index contributed by atoms with van der Waals surface area (Å²) in [6.07, 6.45) is 1.30. The number of carbonyl (C=O) groups excluding carboxylic acids is 2. The molecular formula is C33H35ClN2O2. The van der Waals surface area contributed by atoms with Gasteiger partial charge in [-0.1, -0.05) is 96.5 Å². The Balaban J connectivity index is 1.66. The van der Waals surface area contributed by atoms with Crippen molar-refractivity contribution in [1.29, 1.82) is 0 Å². The van der Waals surface area contributed by atoms with Crippen molar-refractivity contribution < 1.29 is 9.59 Å². The largest absolute Gasteiger partial charge is 0.350 e. The summed E-state index contributed by atoms with van der Waals surface area (Å²) in [7, 11) is 0. The highest BCUT2D eigenvalue weighted by molar-refractivity contribution is 6.30. The van der Waals surface area contributed by atoms with Gasteiger partial charge in [0.2, 0.25) is 11.8 Å². The molecule has 5 heteroatoms. The van der Waals surface area contributed by atoms with Crippen molar-refractivity contribution in [2.24, 2.45) is 0 Å². The van der Waals surface area contributed by atoms with E-state index in [4.69, 9.17) is 11.6 Å². The standard InChI is InChI=1S/C33H35ClN2O2/c1-33(2,3)35-32(38)30(22-24-11-5-4-6-12-24)36(23-25-13-9-17-28(34)21-25)31(37)20-19-27-16-10-15-26-14-7-8-18-29(26)27/h4-18,21,30H,19-20,22-23H2,1-3H3,(H,35,38)/t30-/m0/s1. The molecule has 0 saturated heterocycles. The molecule has 0 spiro atoms. The molecule has 4 rings (SSSR count). The number of halogens is 1. The van der Waals surface area contributed by atoms with Crippen LogP contribution >= 0.6 is 11.6 Å². The van der Waals surface area contributed by atoms with Crippen LogP contribution in [-0.2, 0) is 29.0 Å². The van der Waals surface area contributed by atoms with Crippen LogP contribution < -0.4 is 5.32 Å². The number of hydrogen-bond donors (Lipinski definition) is 1. The van der Waals surface area contributed by atoms with Gasteiger partial charge >= 0.3 is 0 Å². The lowest BCUT2D eigenvalue weighted by atomic mass is 9.98.